The summed E-state index contributed by atoms with van der Waals surface area (Å²) >= 11 is 0. The van der Waals surface area contributed by atoms with Crippen LogP contribution in [0.25, 0.3) is 21.8 Å². The second kappa shape index (κ2) is 10.9. The van der Waals surface area contributed by atoms with Crippen molar-refractivity contribution in [3.05, 3.63) is 89.2 Å². The predicted molar refractivity (Wildman–Crippen MR) is 138 cm³/mol. The minimum Gasteiger partial charge on any atom is -0.371 e. The first-order valence-electron chi connectivity index (χ1n) is 11.2. The number of alkyl halides is 3. The lowest BCUT2D eigenvalue weighted by molar-refractivity contribution is -0.139. The van der Waals surface area contributed by atoms with Crippen LogP contribution in [-0.2, 0) is 20.9 Å². The van der Waals surface area contributed by atoms with E-state index in [-0.39, 0.29) is 32.8 Å². The normalized spacial score (nSPS) is 12.8. The van der Waals surface area contributed by atoms with Gasteiger partial charge in [0, 0.05) is 0 Å². The van der Waals surface area contributed by atoms with Gasteiger partial charge < -0.3 is 14.7 Å². The highest BCUT2D eigenvalue weighted by Crippen LogP contribution is 2.37. The van der Waals surface area contributed by atoms with E-state index in [0.29, 0.717) is 17.0 Å². The molecule has 2 aromatic heterocycles. The Balaban J connectivity index is 0.000000289. The zero-order valence-corrected chi connectivity index (χ0v) is 21.8. The molecule has 0 radical (unpaired) electrons. The third-order valence-electron chi connectivity index (χ3n) is 5.19. The molecule has 0 unspecified atom stereocenters. The number of para-hydroxylation sites is 1. The summed E-state index contributed by atoms with van der Waals surface area (Å²) in [5.41, 5.74) is -4.33. The Labute approximate surface area is 217 Å². The summed E-state index contributed by atoms with van der Waals surface area (Å²) in [6.45, 7) is 4.69. The van der Waals surface area contributed by atoms with Crippen molar-refractivity contribution in [3.63, 3.8) is 0 Å². The molecule has 4 rings (SSSR count). The molecule has 0 spiro atoms. The summed E-state index contributed by atoms with van der Waals surface area (Å²) in [6.07, 6.45) is -5.42. The van der Waals surface area contributed by atoms with Crippen molar-refractivity contribution in [1.29, 1.82) is 0 Å². The largest absolute Gasteiger partial charge is 0.416 e. The van der Waals surface area contributed by atoms with E-state index in [4.69, 9.17) is 4.74 Å². The monoisotopic (exact) mass is 571 g/mol. The quantitative estimate of drug-likeness (QED) is 0.283. The fourth-order valence-electron chi connectivity index (χ4n) is 3.71. The molecule has 0 aliphatic rings. The zero-order valence-electron chi connectivity index (χ0n) is 21.0. The molecule has 0 bridgehead atoms. The first kappa shape index (κ1) is 29.4. The molecule has 16 heteroatoms. The van der Waals surface area contributed by atoms with Crippen molar-refractivity contribution < 1.29 is 26.3 Å². The van der Waals surface area contributed by atoms with Gasteiger partial charge in [0.15, 0.2) is 0 Å². The molecule has 2 aromatic carbocycles. The maximum Gasteiger partial charge on any atom is 0.416 e. The van der Waals surface area contributed by atoms with Gasteiger partial charge in [-0.05, 0) is 50.6 Å². The van der Waals surface area contributed by atoms with E-state index in [1.807, 2.05) is 0 Å². The number of H-pyrrole nitrogens is 3. The molecule has 2 heterocycles. The van der Waals surface area contributed by atoms with Gasteiger partial charge in [0.05, 0.1) is 45.8 Å². The van der Waals surface area contributed by atoms with Crippen LogP contribution in [0, 0.1) is 0 Å². The number of halogens is 3. The van der Waals surface area contributed by atoms with Crippen molar-refractivity contribution in [2.45, 2.75) is 39.2 Å². The smallest absolute Gasteiger partial charge is 0.371 e. The predicted octanol–water partition coefficient (Wildman–Crippen LogP) is 1.91. The van der Waals surface area contributed by atoms with E-state index in [9.17, 15) is 40.8 Å². The summed E-state index contributed by atoms with van der Waals surface area (Å²) in [5, 5.41) is 0.199. The maximum atomic E-state index is 13.5. The van der Waals surface area contributed by atoms with Gasteiger partial charge in [-0.15, -0.1) is 0 Å². The standard InChI is InChI=1S/C15H18F3N3O5S.C8H6N2O2/c1-7(2)26-8(3)9-5-10-12(6-11(9)15(16,17)18)19-14(23)21(13(10)22)20-27(4,24)25;11-7-5-3-1-2-4-6(5)9-8(12)10-7/h5-8,20H,1-4H3,(H,19,23);1-4H,(H2,9,10,11,12)/t8-;/m0./s1. The number of rotatable bonds is 5. The Morgan fingerprint density at radius 3 is 2.15 bits per heavy atom. The summed E-state index contributed by atoms with van der Waals surface area (Å²) in [6, 6.07) is 8.44. The lowest BCUT2D eigenvalue weighted by Gasteiger charge is -2.21. The van der Waals surface area contributed by atoms with Gasteiger partial charge in [-0.2, -0.15) is 17.8 Å². The molecule has 39 heavy (non-hydrogen) atoms. The Morgan fingerprint density at radius 1 is 0.923 bits per heavy atom. The minimum absolute atomic E-state index is 0.183. The summed E-state index contributed by atoms with van der Waals surface area (Å²) in [4.78, 5) is 54.8. The van der Waals surface area contributed by atoms with E-state index in [2.05, 4.69) is 15.0 Å². The van der Waals surface area contributed by atoms with Crippen LogP contribution in [0.2, 0.25) is 0 Å². The second-order valence-electron chi connectivity index (χ2n) is 8.70. The Bertz CT molecular complexity index is 1870. The van der Waals surface area contributed by atoms with Crippen molar-refractivity contribution >= 4 is 31.8 Å². The van der Waals surface area contributed by atoms with Crippen LogP contribution < -0.4 is 27.3 Å². The van der Waals surface area contributed by atoms with Crippen LogP contribution >= 0.6 is 0 Å². The Morgan fingerprint density at radius 2 is 1.56 bits per heavy atom. The van der Waals surface area contributed by atoms with Crippen LogP contribution in [0.4, 0.5) is 13.2 Å². The maximum absolute atomic E-state index is 13.5. The number of fused-ring (bicyclic) bond motifs is 2. The lowest BCUT2D eigenvalue weighted by Crippen LogP contribution is -2.43. The molecular weight excluding hydrogens is 547 g/mol. The molecular formula is C23H24F3N5O7S. The number of sulfonamides is 1. The van der Waals surface area contributed by atoms with E-state index < -0.39 is 44.8 Å². The van der Waals surface area contributed by atoms with Crippen LogP contribution in [-0.4, -0.2) is 40.4 Å². The van der Waals surface area contributed by atoms with Crippen LogP contribution in [0.15, 0.2) is 55.6 Å². The molecule has 0 saturated heterocycles. The first-order chi connectivity index (χ1) is 18.0. The van der Waals surface area contributed by atoms with Crippen LogP contribution in [0.3, 0.4) is 0 Å². The number of hydrogen-bond acceptors (Lipinski definition) is 7. The van der Waals surface area contributed by atoms with Gasteiger partial charge in [-0.25, -0.2) is 22.8 Å². The molecule has 1 atom stereocenters. The van der Waals surface area contributed by atoms with E-state index >= 15 is 0 Å². The van der Waals surface area contributed by atoms with Gasteiger partial charge in [0.2, 0.25) is 10.0 Å². The third kappa shape index (κ3) is 7.02. The number of aromatic nitrogens is 4. The van der Waals surface area contributed by atoms with Crippen LogP contribution in [0.5, 0.6) is 0 Å². The van der Waals surface area contributed by atoms with Crippen molar-refractivity contribution in [2.75, 3.05) is 11.1 Å². The fourth-order valence-corrected chi connectivity index (χ4v) is 4.20. The molecule has 0 saturated carbocycles. The zero-order chi connectivity index (χ0) is 29.3. The number of benzene rings is 2. The highest BCUT2D eigenvalue weighted by molar-refractivity contribution is 7.91. The summed E-state index contributed by atoms with van der Waals surface area (Å²) in [7, 11) is -3.98. The molecule has 0 aliphatic heterocycles. The van der Waals surface area contributed by atoms with Gasteiger partial charge in [-0.3, -0.25) is 14.6 Å². The Kier molecular flexibility index (Phi) is 8.21. The van der Waals surface area contributed by atoms with Crippen molar-refractivity contribution in [2.24, 2.45) is 0 Å². The van der Waals surface area contributed by atoms with E-state index in [1.54, 1.807) is 42.9 Å². The average molecular weight is 572 g/mol. The lowest BCUT2D eigenvalue weighted by atomic mass is 10.00. The number of ether oxygens (including phenoxy) is 1. The van der Waals surface area contributed by atoms with Crippen LogP contribution in [0.1, 0.15) is 38.0 Å². The molecule has 4 aromatic rings. The van der Waals surface area contributed by atoms with Gasteiger partial charge in [-0.1, -0.05) is 12.1 Å². The van der Waals surface area contributed by atoms with Gasteiger partial charge in [0.25, 0.3) is 11.1 Å². The number of aromatic amines is 3. The number of nitrogens with zero attached hydrogens (tertiary/aromatic N) is 1. The van der Waals surface area contributed by atoms with Crippen molar-refractivity contribution in [1.82, 2.24) is 19.6 Å². The fraction of sp³-hybridized carbons (Fsp3) is 0.304. The molecule has 12 nitrogen and oxygen atoms in total. The van der Waals surface area contributed by atoms with Crippen molar-refractivity contribution in [3.8, 4) is 0 Å². The molecule has 0 fully saturated rings. The first-order valence-corrected chi connectivity index (χ1v) is 13.1. The minimum atomic E-state index is -4.76. The summed E-state index contributed by atoms with van der Waals surface area (Å²) < 4.78 is 68.6. The highest BCUT2D eigenvalue weighted by atomic mass is 32.2. The highest BCUT2D eigenvalue weighted by Gasteiger charge is 2.36. The number of hydrogen-bond donors (Lipinski definition) is 4. The SMILES string of the molecule is CC(C)O[C@@H](C)c1cc2c(=O)n(NS(C)(=O)=O)c(=O)[nH]c2cc1C(F)(F)F.O=c1[nH]c(=O)c2ccccc2[nH]1. The van der Waals surface area contributed by atoms with Gasteiger partial charge in [0.1, 0.15) is 0 Å². The number of nitrogens with one attached hydrogen (secondary N) is 4. The third-order valence-corrected chi connectivity index (χ3v) is 5.71. The summed E-state index contributed by atoms with van der Waals surface area (Å²) in [5.74, 6) is 0. The van der Waals surface area contributed by atoms with E-state index in [1.165, 1.54) is 6.92 Å². The molecule has 210 valence electrons. The molecule has 0 aliphatic carbocycles. The molecule has 0 amide bonds. The Hall–Kier alpha value is -4.18. The molecule has 4 N–H and O–H groups in total. The van der Waals surface area contributed by atoms with Gasteiger partial charge >= 0.3 is 17.6 Å². The average Bonchev–Trinajstić information content (AvgIpc) is 2.80. The van der Waals surface area contributed by atoms with E-state index in [0.717, 1.165) is 12.3 Å². The topological polar surface area (TPSA) is 176 Å². The second-order valence-corrected chi connectivity index (χ2v) is 10.4.